The van der Waals surface area contributed by atoms with Crippen molar-refractivity contribution in [3.05, 3.63) is 208 Å². The molecule has 14 aliphatic rings. The molecule has 0 amide bonds. The average molecular weight is 947 g/mol. The van der Waals surface area contributed by atoms with E-state index in [1.54, 1.807) is 0 Å². The molecule has 0 N–H and O–H groups in total. The van der Waals surface area contributed by atoms with Crippen molar-refractivity contribution in [3.8, 4) is 23.3 Å². The van der Waals surface area contributed by atoms with Gasteiger partial charge in [-0.2, -0.15) is 0 Å². The summed E-state index contributed by atoms with van der Waals surface area (Å²) in [7, 11) is 0. The molecule has 0 spiro atoms. The van der Waals surface area contributed by atoms with Crippen LogP contribution in [0.4, 0.5) is 0 Å². The minimum atomic E-state index is 0.711. The topological polar surface area (TPSA) is 88.9 Å². The van der Waals surface area contributed by atoms with Crippen molar-refractivity contribution in [2.24, 2.45) is 0 Å². The molecule has 0 atom stereocenters. The Bertz CT molecular complexity index is 5020. The lowest BCUT2D eigenvalue weighted by molar-refractivity contribution is 0.962. The molecule has 7 aromatic carbocycles. The van der Waals surface area contributed by atoms with Gasteiger partial charge in [0.1, 0.15) is 0 Å². The predicted octanol–water partition coefficient (Wildman–Crippen LogP) is 13.8. The van der Waals surface area contributed by atoms with Crippen LogP contribution in [0.1, 0.15) is 0 Å². The maximum Gasteiger partial charge on any atom is 0.156 e. The van der Waals surface area contributed by atoms with Crippen LogP contribution in [0.3, 0.4) is 0 Å². The normalized spacial score (nSPS) is 12.9. The molecule has 342 valence electrons. The largest absolute Gasteiger partial charge is 0.315 e. The van der Waals surface area contributed by atoms with Gasteiger partial charge in [0.15, 0.2) is 23.3 Å². The number of aromatic nitrogens is 12. The first-order chi connectivity index (χ1) is 36.6. The molecule has 0 aliphatic carbocycles. The van der Waals surface area contributed by atoms with Crippen LogP contribution in [0.15, 0.2) is 208 Å². The molecule has 25 heterocycles. The van der Waals surface area contributed by atoms with Crippen molar-refractivity contribution in [1.82, 2.24) is 55.8 Å². The highest BCUT2D eigenvalue weighted by Crippen LogP contribution is 2.39. The molecule has 18 bridgehead atoms. The fourth-order valence-corrected chi connectivity index (χ4v) is 13.0. The maximum atomic E-state index is 5.25. The summed E-state index contributed by atoms with van der Waals surface area (Å²) >= 11 is 0. The lowest BCUT2D eigenvalue weighted by Gasteiger charge is -2.12. The standard InChI is InChI=1S/C62H34N12/c1-2-36-16-22-68-42-8-12-50-46(28-42)48-30-44-10-14-52(48)74(50)56-34-64-54(32-66-56)72-26-20-40-6-5-39-19-25-71(61(39)62(40)72)53-31-65-55(33-63-53)73-49-11-7-41(67-21-15-35(1)57(67)58(36)68)27-45(49)47-29-43(9-13-51(47)73)69-23-17-37-3-4-38-18-24-70(44)60(38)59(37)69/h1-34H. The smallest absolute Gasteiger partial charge is 0.156 e. The number of nitrogens with zero attached hydrogens (tertiary/aromatic N) is 12. The zero-order valence-electron chi connectivity index (χ0n) is 39.0. The Kier molecular flexibility index (Phi) is 6.51. The lowest BCUT2D eigenvalue weighted by Crippen LogP contribution is -2.04. The summed E-state index contributed by atoms with van der Waals surface area (Å²) in [6.45, 7) is 0. The van der Waals surface area contributed by atoms with Crippen LogP contribution >= 0.6 is 0 Å². The quantitative estimate of drug-likeness (QED) is 0.151. The third kappa shape index (κ3) is 4.55. The van der Waals surface area contributed by atoms with Gasteiger partial charge >= 0.3 is 0 Å². The van der Waals surface area contributed by atoms with Gasteiger partial charge in [0.2, 0.25) is 0 Å². The van der Waals surface area contributed by atoms with E-state index in [0.717, 1.165) is 143 Å². The van der Waals surface area contributed by atoms with Crippen LogP contribution in [0.2, 0.25) is 0 Å². The average Bonchev–Trinajstić information content (AvgIpc) is 4.32. The minimum absolute atomic E-state index is 0.711. The Hall–Kier alpha value is -10.5. The van der Waals surface area contributed by atoms with E-state index >= 15 is 0 Å². The molecule has 74 heavy (non-hydrogen) atoms. The number of hydrogen-bond donors (Lipinski definition) is 0. The third-order valence-corrected chi connectivity index (χ3v) is 16.3. The number of rotatable bonds is 0. The molecule has 0 saturated carbocycles. The summed E-state index contributed by atoms with van der Waals surface area (Å²) in [5.74, 6) is 2.87. The first-order valence-electron chi connectivity index (χ1n) is 24.8. The first kappa shape index (κ1) is 37.4. The zero-order chi connectivity index (χ0) is 47.7. The van der Waals surface area contributed by atoms with Crippen molar-refractivity contribution in [2.75, 3.05) is 0 Å². The Labute approximate surface area is 415 Å². The first-order valence-corrected chi connectivity index (χ1v) is 24.8. The lowest BCUT2D eigenvalue weighted by atomic mass is 10.1. The highest BCUT2D eigenvalue weighted by atomic mass is 15.2. The second kappa shape index (κ2) is 12.9. The molecule has 12 nitrogen and oxygen atoms in total. The summed E-state index contributed by atoms with van der Waals surface area (Å²) in [6, 6.07) is 53.9. The Balaban J connectivity index is 1.06. The van der Waals surface area contributed by atoms with E-state index in [4.69, 9.17) is 19.9 Å². The second-order valence-corrected chi connectivity index (χ2v) is 19.9. The summed E-state index contributed by atoms with van der Waals surface area (Å²) in [6.07, 6.45) is 20.6. The molecular formula is C62H34N12. The van der Waals surface area contributed by atoms with Crippen molar-refractivity contribution >= 4 is 131 Å². The highest BCUT2D eigenvalue weighted by Gasteiger charge is 2.21. The highest BCUT2D eigenvalue weighted by molar-refractivity contribution is 6.15. The van der Waals surface area contributed by atoms with Gasteiger partial charge in [-0.05, 0) is 109 Å². The second-order valence-electron chi connectivity index (χ2n) is 19.9. The fourth-order valence-electron chi connectivity index (χ4n) is 13.0. The zero-order valence-corrected chi connectivity index (χ0v) is 39.0. The van der Waals surface area contributed by atoms with Crippen molar-refractivity contribution in [3.63, 3.8) is 0 Å². The van der Waals surface area contributed by atoms with E-state index in [1.165, 1.54) is 0 Å². The Morgan fingerprint density at radius 2 is 0.514 bits per heavy atom. The fraction of sp³-hybridized carbons (Fsp3) is 0. The molecule has 32 rings (SSSR count). The van der Waals surface area contributed by atoms with Gasteiger partial charge in [-0.3, -0.25) is 18.3 Å². The SMILES string of the molecule is c1nc2cnc1-n1ccc3ccc4ccn(c4c31)-c1cnc(cn1)-n1c3ccc4cc3c3cc(ccc31)n1ccc3ccc5ccn(c6ccc7c(c6)c6cc(ccc6n7-2)n2ccc6ccc7ccn4c7c62)c5c31. The van der Waals surface area contributed by atoms with Crippen LogP contribution in [0.5, 0.6) is 0 Å². The molecule has 0 fully saturated rings. The number of benzene rings is 7. The number of hydrogen-bond acceptors (Lipinski definition) is 4. The van der Waals surface area contributed by atoms with E-state index in [0.29, 0.717) is 11.6 Å². The van der Waals surface area contributed by atoms with E-state index in [2.05, 4.69) is 219 Å². The van der Waals surface area contributed by atoms with Gasteiger partial charge < -0.3 is 17.6 Å². The molecule has 12 heteroatoms. The molecule has 0 unspecified atom stereocenters. The Morgan fingerprint density at radius 3 is 0.811 bits per heavy atom. The van der Waals surface area contributed by atoms with Gasteiger partial charge in [-0.25, -0.2) is 19.9 Å². The van der Waals surface area contributed by atoms with Gasteiger partial charge in [0.05, 0.1) is 80.0 Å². The van der Waals surface area contributed by atoms with E-state index in [-0.39, 0.29) is 0 Å². The summed E-state index contributed by atoms with van der Waals surface area (Å²) in [4.78, 5) is 20.9. The van der Waals surface area contributed by atoms with Crippen LogP contribution in [-0.4, -0.2) is 55.8 Å². The van der Waals surface area contributed by atoms with Crippen LogP contribution < -0.4 is 0 Å². The molecule has 0 radical (unpaired) electrons. The van der Waals surface area contributed by atoms with Crippen LogP contribution in [-0.2, 0) is 0 Å². The monoisotopic (exact) mass is 946 g/mol. The summed E-state index contributed by atoms with van der Waals surface area (Å²) in [5.41, 5.74) is 15.0. The van der Waals surface area contributed by atoms with Crippen LogP contribution in [0, 0.1) is 0 Å². The van der Waals surface area contributed by atoms with Crippen molar-refractivity contribution in [1.29, 1.82) is 0 Å². The van der Waals surface area contributed by atoms with Gasteiger partial charge in [0.25, 0.3) is 0 Å². The maximum absolute atomic E-state index is 5.25. The molecular weight excluding hydrogens is 913 g/mol. The molecule has 14 aliphatic heterocycles. The van der Waals surface area contributed by atoms with E-state index in [9.17, 15) is 0 Å². The van der Waals surface area contributed by atoms with Crippen LogP contribution in [0.25, 0.3) is 154 Å². The summed E-state index contributed by atoms with van der Waals surface area (Å²) in [5, 5.41) is 11.3. The molecule has 18 aromatic rings. The van der Waals surface area contributed by atoms with E-state index < -0.39 is 0 Å². The molecule has 0 saturated heterocycles. The summed E-state index contributed by atoms with van der Waals surface area (Å²) < 4.78 is 18.2. The van der Waals surface area contributed by atoms with Crippen molar-refractivity contribution < 1.29 is 0 Å². The van der Waals surface area contributed by atoms with Gasteiger partial charge in [-0.15, -0.1) is 0 Å². The Morgan fingerprint density at radius 1 is 0.243 bits per heavy atom. The predicted molar refractivity (Wildman–Crippen MR) is 296 cm³/mol. The van der Waals surface area contributed by atoms with Gasteiger partial charge in [0, 0.05) is 113 Å². The molecule has 11 aromatic heterocycles. The van der Waals surface area contributed by atoms with E-state index in [1.807, 2.05) is 24.8 Å². The van der Waals surface area contributed by atoms with Crippen molar-refractivity contribution in [2.45, 2.75) is 0 Å². The minimum Gasteiger partial charge on any atom is -0.315 e. The van der Waals surface area contributed by atoms with Gasteiger partial charge in [-0.1, -0.05) is 36.4 Å². The third-order valence-electron chi connectivity index (χ3n) is 16.3.